The van der Waals surface area contributed by atoms with Gasteiger partial charge in [0.1, 0.15) is 31.1 Å². The number of likely N-dealkylation sites (tertiary alicyclic amines) is 1. The van der Waals surface area contributed by atoms with E-state index in [1.807, 2.05) is 30.3 Å². The van der Waals surface area contributed by atoms with E-state index in [4.69, 9.17) is 4.74 Å². The number of aromatic nitrogens is 3. The number of aliphatic hydroxyl groups excluding tert-OH is 1. The van der Waals surface area contributed by atoms with Gasteiger partial charge in [0.15, 0.2) is 0 Å². The van der Waals surface area contributed by atoms with Crippen LogP contribution in [0.15, 0.2) is 61.2 Å². The van der Waals surface area contributed by atoms with Crippen LogP contribution in [0, 0.1) is 0 Å². The lowest BCUT2D eigenvalue weighted by Gasteiger charge is -2.23. The van der Waals surface area contributed by atoms with E-state index in [0.29, 0.717) is 13.2 Å². The number of ether oxygens (including phenoxy) is 1. The van der Waals surface area contributed by atoms with Gasteiger partial charge in [-0.3, -0.25) is 0 Å². The number of nitrogens with zero attached hydrogens (tertiary/aromatic N) is 4. The Kier molecular flexibility index (Phi) is 8.25. The van der Waals surface area contributed by atoms with Crippen molar-refractivity contribution in [1.82, 2.24) is 25.0 Å². The first-order chi connectivity index (χ1) is 15.8. The van der Waals surface area contributed by atoms with Crippen molar-refractivity contribution < 1.29 is 9.84 Å². The van der Waals surface area contributed by atoms with Crippen molar-refractivity contribution >= 4 is 0 Å². The van der Waals surface area contributed by atoms with Crippen LogP contribution in [0.1, 0.15) is 36.8 Å². The summed E-state index contributed by atoms with van der Waals surface area (Å²) in [5, 5.41) is 18.0. The molecule has 1 aromatic heterocycles. The Morgan fingerprint density at radius 2 is 1.75 bits per heavy atom. The first-order valence-corrected chi connectivity index (χ1v) is 11.5. The lowest BCUT2D eigenvalue weighted by atomic mass is 10.2. The van der Waals surface area contributed by atoms with Gasteiger partial charge < -0.3 is 20.1 Å². The molecule has 1 fully saturated rings. The molecular weight excluding hydrogens is 402 g/mol. The average molecular weight is 436 g/mol. The van der Waals surface area contributed by atoms with E-state index in [1.165, 1.54) is 37.6 Å². The summed E-state index contributed by atoms with van der Waals surface area (Å²) in [7, 11) is 0. The third kappa shape index (κ3) is 6.88. The Morgan fingerprint density at radius 3 is 2.50 bits per heavy atom. The molecule has 3 aromatic rings. The summed E-state index contributed by atoms with van der Waals surface area (Å²) in [5.41, 5.74) is 3.36. The average Bonchev–Trinajstić information content (AvgIpc) is 3.24. The minimum Gasteiger partial charge on any atom is -0.491 e. The van der Waals surface area contributed by atoms with Gasteiger partial charge in [-0.2, -0.15) is 5.10 Å². The summed E-state index contributed by atoms with van der Waals surface area (Å²) in [6.45, 7) is 4.71. The molecule has 4 rings (SSSR count). The Labute approximate surface area is 190 Å². The number of aliphatic hydroxyl groups is 1. The Morgan fingerprint density at radius 1 is 0.969 bits per heavy atom. The molecule has 0 saturated carbocycles. The molecule has 0 amide bonds. The van der Waals surface area contributed by atoms with E-state index < -0.39 is 6.10 Å². The van der Waals surface area contributed by atoms with Gasteiger partial charge in [0, 0.05) is 19.6 Å². The molecule has 1 unspecified atom stereocenters. The molecule has 0 aliphatic carbocycles. The maximum Gasteiger partial charge on any atom is 0.138 e. The van der Waals surface area contributed by atoms with Crippen molar-refractivity contribution in [3.63, 3.8) is 0 Å². The molecule has 2 heterocycles. The molecular formula is C25H33N5O2. The van der Waals surface area contributed by atoms with Gasteiger partial charge in [-0.1, -0.05) is 37.1 Å². The summed E-state index contributed by atoms with van der Waals surface area (Å²) in [6, 6.07) is 16.3. The van der Waals surface area contributed by atoms with Gasteiger partial charge in [-0.25, -0.2) is 9.67 Å². The molecule has 32 heavy (non-hydrogen) atoms. The van der Waals surface area contributed by atoms with E-state index in [2.05, 4.69) is 38.5 Å². The number of nitrogens with one attached hydrogen (secondary N) is 1. The van der Waals surface area contributed by atoms with Crippen LogP contribution in [0.2, 0.25) is 0 Å². The van der Waals surface area contributed by atoms with E-state index in [9.17, 15) is 5.11 Å². The molecule has 2 N–H and O–H groups in total. The summed E-state index contributed by atoms with van der Waals surface area (Å²) in [6.07, 6.45) is 7.83. The molecule has 7 nitrogen and oxygen atoms in total. The molecule has 170 valence electrons. The van der Waals surface area contributed by atoms with Crippen LogP contribution in [0.3, 0.4) is 0 Å². The highest BCUT2D eigenvalue weighted by Gasteiger charge is 2.14. The van der Waals surface area contributed by atoms with E-state index in [-0.39, 0.29) is 0 Å². The zero-order valence-corrected chi connectivity index (χ0v) is 18.6. The van der Waals surface area contributed by atoms with Gasteiger partial charge in [-0.05, 0) is 61.3 Å². The third-order valence-electron chi connectivity index (χ3n) is 5.79. The second-order valence-corrected chi connectivity index (χ2v) is 8.44. The lowest BCUT2D eigenvalue weighted by molar-refractivity contribution is 0.0693. The zero-order chi connectivity index (χ0) is 22.0. The minimum atomic E-state index is -0.463. The lowest BCUT2D eigenvalue weighted by Crippen LogP contribution is -2.36. The zero-order valence-electron chi connectivity index (χ0n) is 18.6. The Hall–Kier alpha value is -2.74. The number of benzene rings is 2. The molecule has 1 aliphatic rings. The fourth-order valence-electron chi connectivity index (χ4n) is 4.07. The van der Waals surface area contributed by atoms with Crippen LogP contribution in [0.25, 0.3) is 5.69 Å². The molecule has 2 aromatic carbocycles. The fourth-order valence-corrected chi connectivity index (χ4v) is 4.07. The highest BCUT2D eigenvalue weighted by molar-refractivity contribution is 5.33. The topological polar surface area (TPSA) is 75.4 Å². The normalized spacial score (nSPS) is 15.9. The summed E-state index contributed by atoms with van der Waals surface area (Å²) < 4.78 is 7.62. The molecule has 0 spiro atoms. The maximum absolute atomic E-state index is 10.4. The second-order valence-electron chi connectivity index (χ2n) is 8.44. The van der Waals surface area contributed by atoms with Crippen molar-refractivity contribution in [1.29, 1.82) is 0 Å². The summed E-state index contributed by atoms with van der Waals surface area (Å²) >= 11 is 0. The monoisotopic (exact) mass is 435 g/mol. The van der Waals surface area contributed by atoms with Crippen molar-refractivity contribution in [2.45, 2.75) is 44.9 Å². The largest absolute Gasteiger partial charge is 0.491 e. The van der Waals surface area contributed by atoms with Gasteiger partial charge in [-0.15, -0.1) is 0 Å². The fraction of sp³-hybridized carbons (Fsp3) is 0.440. The molecule has 0 radical (unpaired) electrons. The second kappa shape index (κ2) is 11.8. The molecule has 1 saturated heterocycles. The van der Waals surface area contributed by atoms with Crippen molar-refractivity contribution in [3.05, 3.63) is 72.3 Å². The standard InChI is InChI=1S/C25H33N5O2/c31-24(17-29-12-3-1-2-4-13-29)18-32-25-7-5-6-22(14-25)16-26-15-21-8-10-23(11-9-21)30-20-27-19-28-30/h5-11,14,19-20,24,26,31H,1-4,12-13,15-18H2. The van der Waals surface area contributed by atoms with E-state index in [1.54, 1.807) is 11.0 Å². The summed E-state index contributed by atoms with van der Waals surface area (Å²) in [4.78, 5) is 6.34. The molecule has 7 heteroatoms. The van der Waals surface area contributed by atoms with Crippen LogP contribution in [0.4, 0.5) is 0 Å². The van der Waals surface area contributed by atoms with Crippen LogP contribution < -0.4 is 10.1 Å². The first-order valence-electron chi connectivity index (χ1n) is 11.5. The predicted molar refractivity (Wildman–Crippen MR) is 125 cm³/mol. The smallest absolute Gasteiger partial charge is 0.138 e. The predicted octanol–water partition coefficient (Wildman–Crippen LogP) is 3.17. The molecule has 1 aliphatic heterocycles. The quantitative estimate of drug-likeness (QED) is 0.510. The first kappa shape index (κ1) is 22.5. The minimum absolute atomic E-state index is 0.325. The number of rotatable bonds is 10. The van der Waals surface area contributed by atoms with Gasteiger partial charge in [0.2, 0.25) is 0 Å². The highest BCUT2D eigenvalue weighted by atomic mass is 16.5. The third-order valence-corrected chi connectivity index (χ3v) is 5.79. The van der Waals surface area contributed by atoms with Crippen LogP contribution in [-0.4, -0.2) is 57.1 Å². The van der Waals surface area contributed by atoms with Gasteiger partial charge >= 0.3 is 0 Å². The van der Waals surface area contributed by atoms with Crippen LogP contribution in [0.5, 0.6) is 5.75 Å². The highest BCUT2D eigenvalue weighted by Crippen LogP contribution is 2.15. The van der Waals surface area contributed by atoms with Gasteiger partial charge in [0.25, 0.3) is 0 Å². The SMILES string of the molecule is OC(COc1cccc(CNCc2ccc(-n3cncn3)cc2)c1)CN1CCCCCC1. The van der Waals surface area contributed by atoms with Gasteiger partial charge in [0.05, 0.1) is 5.69 Å². The number of hydrogen-bond acceptors (Lipinski definition) is 6. The van der Waals surface area contributed by atoms with Crippen molar-refractivity contribution in [3.8, 4) is 11.4 Å². The van der Waals surface area contributed by atoms with Crippen LogP contribution in [-0.2, 0) is 13.1 Å². The summed E-state index contributed by atoms with van der Waals surface area (Å²) in [5.74, 6) is 0.802. The molecule has 0 bridgehead atoms. The van der Waals surface area contributed by atoms with Crippen molar-refractivity contribution in [2.75, 3.05) is 26.2 Å². The molecule has 1 atom stereocenters. The Bertz CT molecular complexity index is 922. The number of hydrogen-bond donors (Lipinski definition) is 2. The maximum atomic E-state index is 10.4. The van der Waals surface area contributed by atoms with Crippen molar-refractivity contribution in [2.24, 2.45) is 0 Å². The van der Waals surface area contributed by atoms with E-state index in [0.717, 1.165) is 43.2 Å². The van der Waals surface area contributed by atoms with Crippen LogP contribution >= 0.6 is 0 Å². The Balaban J connectivity index is 1.20. The number of β-amino-alcohol motifs (C(OH)–C–C–N with tert-alkyl or cyclic N) is 1. The van der Waals surface area contributed by atoms with E-state index >= 15 is 0 Å².